The van der Waals surface area contributed by atoms with Crippen molar-refractivity contribution in [1.29, 1.82) is 0 Å². The van der Waals surface area contributed by atoms with Crippen molar-refractivity contribution in [2.75, 3.05) is 6.54 Å². The third-order valence-corrected chi connectivity index (χ3v) is 1.86. The van der Waals surface area contributed by atoms with Crippen molar-refractivity contribution >= 4 is 5.91 Å². The highest BCUT2D eigenvalue weighted by Crippen LogP contribution is 2.08. The number of hydrogen-bond donors (Lipinski definition) is 2. The van der Waals surface area contributed by atoms with Crippen LogP contribution in [0.3, 0.4) is 0 Å². The quantitative estimate of drug-likeness (QED) is 0.824. The van der Waals surface area contributed by atoms with Gasteiger partial charge in [0.05, 0.1) is 5.60 Å². The van der Waals surface area contributed by atoms with Crippen LogP contribution < -0.4 is 5.32 Å². The molecule has 0 aliphatic heterocycles. The van der Waals surface area contributed by atoms with Gasteiger partial charge in [0.25, 0.3) is 5.91 Å². The second kappa shape index (κ2) is 4.57. The van der Waals surface area contributed by atoms with E-state index in [1.165, 1.54) is 19.9 Å². The lowest BCUT2D eigenvalue weighted by Crippen LogP contribution is -2.38. The van der Waals surface area contributed by atoms with Crippen molar-refractivity contribution in [3.63, 3.8) is 0 Å². The van der Waals surface area contributed by atoms with E-state index in [-0.39, 0.29) is 12.1 Å². The maximum absolute atomic E-state index is 12.8. The Labute approximate surface area is 92.1 Å². The van der Waals surface area contributed by atoms with Crippen LogP contribution in [0.5, 0.6) is 0 Å². The number of hydrogen-bond acceptors (Lipinski definition) is 2. The molecule has 0 unspecified atom stereocenters. The molecule has 0 fully saturated rings. The minimum Gasteiger partial charge on any atom is -0.389 e. The highest BCUT2D eigenvalue weighted by Gasteiger charge is 2.15. The SMILES string of the molecule is CC(C)(O)CNC(=O)c1ccc(F)c(F)c1. The molecule has 0 spiro atoms. The zero-order valence-electron chi connectivity index (χ0n) is 9.05. The van der Waals surface area contributed by atoms with Crippen molar-refractivity contribution in [1.82, 2.24) is 5.32 Å². The van der Waals surface area contributed by atoms with Crippen LogP contribution in [0.15, 0.2) is 18.2 Å². The summed E-state index contributed by atoms with van der Waals surface area (Å²) in [6.07, 6.45) is 0. The molecular formula is C11H13F2NO2. The Kier molecular flexibility index (Phi) is 3.59. The third kappa shape index (κ3) is 3.58. The predicted octanol–water partition coefficient (Wildman–Crippen LogP) is 1.47. The maximum atomic E-state index is 12.8. The topological polar surface area (TPSA) is 49.3 Å². The second-order valence-electron chi connectivity index (χ2n) is 4.12. The number of carbonyl (C=O) groups is 1. The minimum atomic E-state index is -1.07. The second-order valence-corrected chi connectivity index (χ2v) is 4.12. The van der Waals surface area contributed by atoms with Crippen LogP contribution in [0.1, 0.15) is 24.2 Å². The van der Waals surface area contributed by atoms with E-state index in [2.05, 4.69) is 5.32 Å². The molecule has 0 aliphatic rings. The number of halogens is 2. The first-order valence-electron chi connectivity index (χ1n) is 4.75. The summed E-state index contributed by atoms with van der Waals surface area (Å²) in [6.45, 7) is 3.09. The molecule has 1 aromatic carbocycles. The van der Waals surface area contributed by atoms with Crippen molar-refractivity contribution in [3.05, 3.63) is 35.4 Å². The summed E-state index contributed by atoms with van der Waals surface area (Å²) in [4.78, 5) is 11.4. The lowest BCUT2D eigenvalue weighted by Gasteiger charge is -2.17. The number of aliphatic hydroxyl groups is 1. The van der Waals surface area contributed by atoms with E-state index in [0.29, 0.717) is 0 Å². The molecule has 2 N–H and O–H groups in total. The van der Waals surface area contributed by atoms with Crippen LogP contribution in [0.2, 0.25) is 0 Å². The highest BCUT2D eigenvalue weighted by atomic mass is 19.2. The molecule has 0 atom stereocenters. The summed E-state index contributed by atoms with van der Waals surface area (Å²) < 4.78 is 25.4. The molecular weight excluding hydrogens is 216 g/mol. The van der Waals surface area contributed by atoms with E-state index >= 15 is 0 Å². The summed E-state index contributed by atoms with van der Waals surface area (Å²) in [6, 6.07) is 2.88. The molecule has 1 rings (SSSR count). The van der Waals surface area contributed by atoms with E-state index in [9.17, 15) is 18.7 Å². The molecule has 0 saturated carbocycles. The Balaban J connectivity index is 2.70. The van der Waals surface area contributed by atoms with Gasteiger partial charge in [0.2, 0.25) is 0 Å². The van der Waals surface area contributed by atoms with Crippen molar-refractivity contribution in [2.24, 2.45) is 0 Å². The molecule has 16 heavy (non-hydrogen) atoms. The number of carbonyl (C=O) groups excluding carboxylic acids is 1. The van der Waals surface area contributed by atoms with Gasteiger partial charge < -0.3 is 10.4 Å². The van der Waals surface area contributed by atoms with Crippen LogP contribution >= 0.6 is 0 Å². The summed E-state index contributed by atoms with van der Waals surface area (Å²) >= 11 is 0. The zero-order chi connectivity index (χ0) is 12.3. The van der Waals surface area contributed by atoms with Crippen molar-refractivity contribution in [2.45, 2.75) is 19.4 Å². The smallest absolute Gasteiger partial charge is 0.251 e. The van der Waals surface area contributed by atoms with Gasteiger partial charge in [-0.2, -0.15) is 0 Å². The van der Waals surface area contributed by atoms with Gasteiger partial charge in [-0.05, 0) is 32.0 Å². The molecule has 0 radical (unpaired) electrons. The molecule has 0 bridgehead atoms. The Bertz CT molecular complexity index is 399. The minimum absolute atomic E-state index is 0.0168. The summed E-state index contributed by atoms with van der Waals surface area (Å²) in [5, 5.41) is 11.8. The Morgan fingerprint density at radius 2 is 2.00 bits per heavy atom. The monoisotopic (exact) mass is 229 g/mol. The predicted molar refractivity (Wildman–Crippen MR) is 55.0 cm³/mol. The summed E-state index contributed by atoms with van der Waals surface area (Å²) in [5.41, 5.74) is -1.03. The molecule has 1 aromatic rings. The molecule has 1 amide bonds. The molecule has 88 valence electrons. The number of amides is 1. The van der Waals surface area contributed by atoms with Crippen LogP contribution in [0, 0.1) is 11.6 Å². The fourth-order valence-electron chi connectivity index (χ4n) is 1.04. The van der Waals surface area contributed by atoms with Crippen LogP contribution in [0.4, 0.5) is 8.78 Å². The molecule has 0 aliphatic carbocycles. The molecule has 0 saturated heterocycles. The average molecular weight is 229 g/mol. The van der Waals surface area contributed by atoms with Crippen LogP contribution in [0.25, 0.3) is 0 Å². The molecule has 0 heterocycles. The molecule has 5 heteroatoms. The fourth-order valence-corrected chi connectivity index (χ4v) is 1.04. The number of benzene rings is 1. The van der Waals surface area contributed by atoms with Gasteiger partial charge in [-0.15, -0.1) is 0 Å². The van der Waals surface area contributed by atoms with E-state index in [1.54, 1.807) is 0 Å². The maximum Gasteiger partial charge on any atom is 0.251 e. The first-order chi connectivity index (χ1) is 7.29. The Hall–Kier alpha value is -1.49. The zero-order valence-corrected chi connectivity index (χ0v) is 9.05. The van der Waals surface area contributed by atoms with Crippen LogP contribution in [-0.4, -0.2) is 23.2 Å². The standard InChI is InChI=1S/C11H13F2NO2/c1-11(2,16)6-14-10(15)7-3-4-8(12)9(13)5-7/h3-5,16H,6H2,1-2H3,(H,14,15). The first kappa shape index (κ1) is 12.6. The van der Waals surface area contributed by atoms with Gasteiger partial charge in [-0.3, -0.25) is 4.79 Å². The van der Waals surface area contributed by atoms with Gasteiger partial charge in [0, 0.05) is 12.1 Å². The Morgan fingerprint density at radius 1 is 1.38 bits per heavy atom. The van der Waals surface area contributed by atoms with Gasteiger partial charge >= 0.3 is 0 Å². The number of nitrogens with one attached hydrogen (secondary N) is 1. The van der Waals surface area contributed by atoms with E-state index in [1.807, 2.05) is 0 Å². The first-order valence-corrected chi connectivity index (χ1v) is 4.75. The van der Waals surface area contributed by atoms with Crippen LogP contribution in [-0.2, 0) is 0 Å². The lowest BCUT2D eigenvalue weighted by atomic mass is 10.1. The number of rotatable bonds is 3. The van der Waals surface area contributed by atoms with Gasteiger partial charge in [-0.25, -0.2) is 8.78 Å². The van der Waals surface area contributed by atoms with E-state index in [0.717, 1.165) is 12.1 Å². The summed E-state index contributed by atoms with van der Waals surface area (Å²) in [5.74, 6) is -2.63. The largest absolute Gasteiger partial charge is 0.389 e. The fraction of sp³-hybridized carbons (Fsp3) is 0.364. The van der Waals surface area contributed by atoms with E-state index in [4.69, 9.17) is 0 Å². The van der Waals surface area contributed by atoms with Gasteiger partial charge in [0.15, 0.2) is 11.6 Å². The average Bonchev–Trinajstić information content (AvgIpc) is 2.17. The summed E-state index contributed by atoms with van der Waals surface area (Å²) in [7, 11) is 0. The lowest BCUT2D eigenvalue weighted by molar-refractivity contribution is 0.0694. The molecule has 0 aromatic heterocycles. The molecule has 3 nitrogen and oxygen atoms in total. The Morgan fingerprint density at radius 3 is 2.50 bits per heavy atom. The van der Waals surface area contributed by atoms with Gasteiger partial charge in [-0.1, -0.05) is 0 Å². The van der Waals surface area contributed by atoms with Crippen molar-refractivity contribution < 1.29 is 18.7 Å². The third-order valence-electron chi connectivity index (χ3n) is 1.86. The highest BCUT2D eigenvalue weighted by molar-refractivity contribution is 5.94. The van der Waals surface area contributed by atoms with Crippen molar-refractivity contribution in [3.8, 4) is 0 Å². The normalized spacial score (nSPS) is 11.3. The van der Waals surface area contributed by atoms with E-state index < -0.39 is 23.1 Å². The van der Waals surface area contributed by atoms with Gasteiger partial charge in [0.1, 0.15) is 0 Å².